The molecule has 3 aliphatic rings. The molecule has 0 unspecified atom stereocenters. The van der Waals surface area contributed by atoms with Crippen LogP contribution in [0.2, 0.25) is 10.6 Å². The fraction of sp³-hybridized carbons (Fsp3) is 0.529. The van der Waals surface area contributed by atoms with Gasteiger partial charge < -0.3 is 24.3 Å². The Kier molecular flexibility index (Phi) is 10.6. The van der Waals surface area contributed by atoms with Gasteiger partial charge in [-0.15, -0.1) is 0 Å². The lowest BCUT2D eigenvalue weighted by atomic mass is 9.99. The van der Waals surface area contributed by atoms with Crippen LogP contribution in [-0.4, -0.2) is 89.5 Å². The van der Waals surface area contributed by atoms with E-state index in [4.69, 9.17) is 52.1 Å². The third kappa shape index (κ3) is 7.51. The minimum absolute atomic E-state index is 0.0236. The highest BCUT2D eigenvalue weighted by Crippen LogP contribution is 2.42. The number of methoxy groups -OCH3 is 2. The van der Waals surface area contributed by atoms with Gasteiger partial charge in [-0.1, -0.05) is 6.08 Å². The predicted molar refractivity (Wildman–Crippen MR) is 188 cm³/mol. The molecule has 0 saturated carbocycles. The topological polar surface area (TPSA) is 110 Å². The number of hydrogen-bond acceptors (Lipinski definition) is 12. The molecule has 12 nitrogen and oxygen atoms in total. The molecule has 1 N–H and O–H groups in total. The molecule has 0 spiro atoms. The maximum Gasteiger partial charge on any atom is 0.224 e. The van der Waals surface area contributed by atoms with Gasteiger partial charge in [-0.05, 0) is 107 Å². The summed E-state index contributed by atoms with van der Waals surface area (Å²) in [5, 5.41) is 8.11. The third-order valence-electron chi connectivity index (χ3n) is 8.96. The molecular formula is C34H44Cl2N8O4. The molecule has 0 bridgehead atoms. The van der Waals surface area contributed by atoms with Crippen molar-refractivity contribution >= 4 is 40.9 Å². The maximum atomic E-state index is 6.46. The molecule has 5 heterocycles. The van der Waals surface area contributed by atoms with E-state index in [0.717, 1.165) is 75.5 Å². The monoisotopic (exact) mass is 698 g/mol. The van der Waals surface area contributed by atoms with Crippen molar-refractivity contribution in [3.8, 4) is 23.0 Å². The number of nitrogens with one attached hydrogen (secondary N) is 1. The van der Waals surface area contributed by atoms with Crippen LogP contribution in [0.3, 0.4) is 0 Å². The van der Waals surface area contributed by atoms with Crippen LogP contribution in [0.4, 0.5) is 11.6 Å². The van der Waals surface area contributed by atoms with Crippen LogP contribution in [0.1, 0.15) is 57.6 Å². The molecule has 0 aliphatic carbocycles. The molecule has 2 fully saturated rings. The lowest BCUT2D eigenvalue weighted by molar-refractivity contribution is 0.149. The quantitative estimate of drug-likeness (QED) is 0.193. The number of anilines is 2. The van der Waals surface area contributed by atoms with Gasteiger partial charge in [0.15, 0.2) is 34.6 Å². The smallest absolute Gasteiger partial charge is 0.224 e. The maximum absolute atomic E-state index is 6.46. The summed E-state index contributed by atoms with van der Waals surface area (Å²) in [6, 6.07) is 4.42. The van der Waals surface area contributed by atoms with Gasteiger partial charge in [0.05, 0.1) is 45.3 Å². The van der Waals surface area contributed by atoms with Gasteiger partial charge in [-0.3, -0.25) is 14.9 Å². The fourth-order valence-corrected chi connectivity index (χ4v) is 6.95. The van der Waals surface area contributed by atoms with E-state index >= 15 is 0 Å². The van der Waals surface area contributed by atoms with E-state index in [1.807, 2.05) is 6.92 Å². The highest BCUT2D eigenvalue weighted by Gasteiger charge is 2.38. The van der Waals surface area contributed by atoms with Crippen molar-refractivity contribution in [3.63, 3.8) is 0 Å². The molecule has 14 heteroatoms. The van der Waals surface area contributed by atoms with Gasteiger partial charge in [0.2, 0.25) is 10.6 Å². The van der Waals surface area contributed by atoms with Gasteiger partial charge in [0.25, 0.3) is 0 Å². The van der Waals surface area contributed by atoms with E-state index in [1.54, 1.807) is 26.6 Å². The van der Waals surface area contributed by atoms with Gasteiger partial charge >= 0.3 is 0 Å². The Morgan fingerprint density at radius 1 is 0.896 bits per heavy atom. The Hall–Kier alpha value is -3.58. The van der Waals surface area contributed by atoms with E-state index in [2.05, 4.69) is 68.3 Å². The molecule has 0 radical (unpaired) electrons. The molecule has 3 aliphatic heterocycles. The first-order chi connectivity index (χ1) is 23.2. The number of hydrazine groups is 1. The van der Waals surface area contributed by atoms with Crippen molar-refractivity contribution in [2.75, 3.05) is 57.0 Å². The first kappa shape index (κ1) is 34.3. The number of aromatic nitrogens is 4. The number of benzene rings is 1. The second-order valence-electron chi connectivity index (χ2n) is 12.7. The molecule has 0 atom stereocenters. The van der Waals surface area contributed by atoms with Crippen molar-refractivity contribution in [3.05, 3.63) is 52.3 Å². The zero-order valence-electron chi connectivity index (χ0n) is 28.2. The number of piperidine rings is 2. The number of rotatable bonds is 11. The molecule has 1 aromatic carbocycles. The second kappa shape index (κ2) is 14.9. The zero-order valence-corrected chi connectivity index (χ0v) is 29.7. The van der Waals surface area contributed by atoms with Gasteiger partial charge in [-0.25, -0.2) is 9.97 Å². The number of fused-ring (bicyclic) bond motifs is 1. The first-order valence-corrected chi connectivity index (χ1v) is 17.3. The van der Waals surface area contributed by atoms with E-state index in [-0.39, 0.29) is 28.3 Å². The van der Waals surface area contributed by atoms with Crippen LogP contribution >= 0.6 is 23.2 Å². The van der Waals surface area contributed by atoms with Crippen molar-refractivity contribution in [1.29, 1.82) is 0 Å². The predicted octanol–water partition coefficient (Wildman–Crippen LogP) is 5.82. The average Bonchev–Trinajstić information content (AvgIpc) is 3.08. The summed E-state index contributed by atoms with van der Waals surface area (Å²) in [7, 11) is 3.23. The highest BCUT2D eigenvalue weighted by molar-refractivity contribution is 6.28. The normalized spacial score (nSPS) is 18.1. The van der Waals surface area contributed by atoms with Crippen LogP contribution < -0.4 is 34.3 Å². The van der Waals surface area contributed by atoms with Crippen molar-refractivity contribution < 1.29 is 18.9 Å². The first-order valence-electron chi connectivity index (χ1n) is 16.5. The molecule has 2 aromatic heterocycles. The minimum Gasteiger partial charge on any atom is -0.491 e. The molecule has 258 valence electrons. The standard InChI is InChI=1S/C34H44Cl2N8O4/c1-6-47-26-18-22(17-23-7-12-34(2,3)48-29(23)26)21-42-15-10-25(11-16-42)44(31-28(46-5)20-39-33(36)41-31)43(24-8-13-37-14-9-24)30-27(45-4)19-38-32(35)40-30/h7,12,17-20,24-25,37H,6,8-11,13-16,21H2,1-5H3. The Bertz CT molecular complexity index is 1610. The van der Waals surface area contributed by atoms with Crippen LogP contribution in [0.25, 0.3) is 6.08 Å². The molecule has 3 aromatic rings. The summed E-state index contributed by atoms with van der Waals surface area (Å²) >= 11 is 12.9. The molecular weight excluding hydrogens is 655 g/mol. The van der Waals surface area contributed by atoms with Crippen LogP contribution in [-0.2, 0) is 6.54 Å². The lowest BCUT2D eigenvalue weighted by Crippen LogP contribution is -2.59. The summed E-state index contributed by atoms with van der Waals surface area (Å²) < 4.78 is 24.0. The largest absolute Gasteiger partial charge is 0.491 e. The van der Waals surface area contributed by atoms with E-state index in [1.165, 1.54) is 5.56 Å². The Labute approximate surface area is 292 Å². The van der Waals surface area contributed by atoms with Crippen LogP contribution in [0.15, 0.2) is 30.6 Å². The van der Waals surface area contributed by atoms with E-state index in [9.17, 15) is 0 Å². The van der Waals surface area contributed by atoms with E-state index in [0.29, 0.717) is 29.7 Å². The summed E-state index contributed by atoms with van der Waals surface area (Å²) in [6.07, 6.45) is 10.9. The van der Waals surface area contributed by atoms with E-state index < -0.39 is 0 Å². The summed E-state index contributed by atoms with van der Waals surface area (Å²) in [5.74, 6) is 3.75. The van der Waals surface area contributed by atoms with Crippen LogP contribution in [0, 0.1) is 0 Å². The number of halogens is 2. The lowest BCUT2D eigenvalue weighted by Gasteiger charge is -2.49. The third-order valence-corrected chi connectivity index (χ3v) is 9.32. The Morgan fingerprint density at radius 2 is 1.48 bits per heavy atom. The zero-order chi connectivity index (χ0) is 33.8. The molecule has 2 saturated heterocycles. The van der Waals surface area contributed by atoms with Crippen molar-refractivity contribution in [1.82, 2.24) is 30.2 Å². The second-order valence-corrected chi connectivity index (χ2v) is 13.4. The van der Waals surface area contributed by atoms with Crippen molar-refractivity contribution in [2.45, 2.75) is 70.7 Å². The number of likely N-dealkylation sites (tertiary alicyclic amines) is 1. The SMILES string of the molecule is CCOc1cc(CN2CCC(N(c3nc(Cl)ncc3OC)N(c3nc(Cl)ncc3OC)C3CCNCC3)CC2)cc2c1OC(C)(C)C=C2. The number of nitrogens with zero attached hydrogens (tertiary/aromatic N) is 7. The Morgan fingerprint density at radius 3 is 2.04 bits per heavy atom. The molecule has 48 heavy (non-hydrogen) atoms. The summed E-state index contributed by atoms with van der Waals surface area (Å²) in [4.78, 5) is 20.4. The molecule has 6 rings (SSSR count). The van der Waals surface area contributed by atoms with Gasteiger partial charge in [-0.2, -0.15) is 9.97 Å². The average molecular weight is 700 g/mol. The number of ether oxygens (including phenoxy) is 4. The minimum atomic E-state index is -0.381. The molecule has 0 amide bonds. The summed E-state index contributed by atoms with van der Waals surface area (Å²) in [5.41, 5.74) is 1.84. The Balaban J connectivity index is 1.32. The van der Waals surface area contributed by atoms with Gasteiger partial charge in [0, 0.05) is 25.2 Å². The highest BCUT2D eigenvalue weighted by atomic mass is 35.5. The van der Waals surface area contributed by atoms with Gasteiger partial charge in [0.1, 0.15) is 5.60 Å². The van der Waals surface area contributed by atoms with Crippen LogP contribution in [0.5, 0.6) is 23.0 Å². The number of hydrogen-bond donors (Lipinski definition) is 1. The van der Waals surface area contributed by atoms with Crippen molar-refractivity contribution in [2.24, 2.45) is 0 Å². The fourth-order valence-electron chi connectivity index (χ4n) is 6.69. The summed E-state index contributed by atoms with van der Waals surface area (Å²) in [6.45, 7) is 10.9.